The van der Waals surface area contributed by atoms with Crippen LogP contribution in [0.25, 0.3) is 6.08 Å². The number of nitro groups is 1. The summed E-state index contributed by atoms with van der Waals surface area (Å²) in [4.78, 5) is 9.67. The number of allylic oxidation sites excluding steroid dienone is 1. The Morgan fingerprint density at radius 2 is 2.06 bits per heavy atom. The predicted octanol–water partition coefficient (Wildman–Crippen LogP) is 3.74. The van der Waals surface area contributed by atoms with E-state index in [4.69, 9.17) is 11.6 Å². The van der Waals surface area contributed by atoms with Gasteiger partial charge in [0.25, 0.3) is 5.69 Å². The number of nitrogens with zero attached hydrogens (tertiary/aromatic N) is 1. The molecular weight excluding hydrogens is 247 g/mol. The van der Waals surface area contributed by atoms with E-state index >= 15 is 0 Å². The zero-order valence-corrected chi connectivity index (χ0v) is 8.42. The number of hydrogen-bond acceptors (Lipinski definition) is 2. The molecule has 0 saturated heterocycles. The van der Waals surface area contributed by atoms with Crippen LogP contribution < -0.4 is 0 Å². The third-order valence-corrected chi connectivity index (χ3v) is 1.97. The summed E-state index contributed by atoms with van der Waals surface area (Å²) in [5, 5.41) is 9.04. The summed E-state index contributed by atoms with van der Waals surface area (Å²) >= 11 is 4.99. The summed E-state index contributed by atoms with van der Waals surface area (Å²) in [5.74, 6) is 0. The molecule has 7 heteroatoms. The molecule has 0 aliphatic carbocycles. The Kier molecular flexibility index (Phi) is 3.54. The largest absolute Gasteiger partial charge is 0.426 e. The fourth-order valence-corrected chi connectivity index (χ4v) is 1.08. The SMILES string of the molecule is O=[N+]([O-])c1cccc(/C=C(\Cl)C(F)(F)F)c1. The molecule has 0 unspecified atom stereocenters. The van der Waals surface area contributed by atoms with Crippen molar-refractivity contribution in [2.75, 3.05) is 0 Å². The van der Waals surface area contributed by atoms with Crippen LogP contribution >= 0.6 is 11.6 Å². The van der Waals surface area contributed by atoms with Crippen LogP contribution in [0.3, 0.4) is 0 Å². The number of non-ortho nitro benzene ring substituents is 1. The van der Waals surface area contributed by atoms with Crippen molar-refractivity contribution in [3.8, 4) is 0 Å². The van der Waals surface area contributed by atoms with Crippen LogP contribution in [0.5, 0.6) is 0 Å². The van der Waals surface area contributed by atoms with Gasteiger partial charge in [0.1, 0.15) is 5.03 Å². The summed E-state index contributed by atoms with van der Waals surface area (Å²) in [6.07, 6.45) is -4.01. The molecule has 0 heterocycles. The molecule has 3 nitrogen and oxygen atoms in total. The molecule has 0 bridgehead atoms. The van der Waals surface area contributed by atoms with Gasteiger partial charge in [-0.25, -0.2) is 0 Å². The molecule has 16 heavy (non-hydrogen) atoms. The van der Waals surface area contributed by atoms with Gasteiger partial charge in [0.2, 0.25) is 0 Å². The van der Waals surface area contributed by atoms with Gasteiger partial charge in [-0.3, -0.25) is 10.1 Å². The van der Waals surface area contributed by atoms with Gasteiger partial charge < -0.3 is 0 Å². The number of benzene rings is 1. The second-order valence-electron chi connectivity index (χ2n) is 2.84. The van der Waals surface area contributed by atoms with Crippen LogP contribution in [-0.4, -0.2) is 11.1 Å². The lowest BCUT2D eigenvalue weighted by molar-refractivity contribution is -0.384. The first-order valence-corrected chi connectivity index (χ1v) is 4.37. The molecule has 0 spiro atoms. The predicted molar refractivity (Wildman–Crippen MR) is 53.0 cm³/mol. The van der Waals surface area contributed by atoms with E-state index in [1.54, 1.807) is 0 Å². The van der Waals surface area contributed by atoms with Gasteiger partial charge in [0, 0.05) is 12.1 Å². The molecule has 0 radical (unpaired) electrons. The fraction of sp³-hybridized carbons (Fsp3) is 0.111. The number of alkyl halides is 3. The Morgan fingerprint density at radius 3 is 2.56 bits per heavy atom. The fourth-order valence-electron chi connectivity index (χ4n) is 0.956. The van der Waals surface area contributed by atoms with Crippen molar-refractivity contribution in [2.24, 2.45) is 0 Å². The lowest BCUT2D eigenvalue weighted by atomic mass is 10.2. The molecule has 1 aromatic rings. The Hall–Kier alpha value is -1.56. The zero-order valence-electron chi connectivity index (χ0n) is 7.66. The van der Waals surface area contributed by atoms with E-state index in [0.29, 0.717) is 6.08 Å². The van der Waals surface area contributed by atoms with Crippen molar-refractivity contribution in [3.05, 3.63) is 45.0 Å². The van der Waals surface area contributed by atoms with Crippen LogP contribution in [-0.2, 0) is 0 Å². The van der Waals surface area contributed by atoms with Crippen molar-refractivity contribution in [1.82, 2.24) is 0 Å². The Bertz CT molecular complexity index is 443. The second-order valence-corrected chi connectivity index (χ2v) is 3.25. The van der Waals surface area contributed by atoms with Crippen molar-refractivity contribution in [2.45, 2.75) is 6.18 Å². The molecule has 86 valence electrons. The van der Waals surface area contributed by atoms with Crippen LogP contribution in [0.2, 0.25) is 0 Å². The van der Waals surface area contributed by atoms with Gasteiger partial charge in [0.05, 0.1) is 4.92 Å². The molecule has 0 aliphatic rings. The zero-order chi connectivity index (χ0) is 12.3. The molecule has 0 amide bonds. The summed E-state index contributed by atoms with van der Waals surface area (Å²) in [6, 6.07) is 4.76. The number of hydrogen-bond donors (Lipinski definition) is 0. The van der Waals surface area contributed by atoms with Gasteiger partial charge in [-0.2, -0.15) is 13.2 Å². The molecular formula is C9H5ClF3NO2. The average Bonchev–Trinajstić information content (AvgIpc) is 2.16. The van der Waals surface area contributed by atoms with Crippen LogP contribution in [0.15, 0.2) is 29.3 Å². The minimum atomic E-state index is -4.65. The van der Waals surface area contributed by atoms with E-state index in [9.17, 15) is 23.3 Å². The molecule has 1 rings (SSSR count). The average molecular weight is 252 g/mol. The first-order valence-electron chi connectivity index (χ1n) is 3.99. The monoisotopic (exact) mass is 251 g/mol. The highest BCUT2D eigenvalue weighted by Gasteiger charge is 2.32. The van der Waals surface area contributed by atoms with Crippen molar-refractivity contribution in [3.63, 3.8) is 0 Å². The normalized spacial score (nSPS) is 12.6. The third-order valence-electron chi connectivity index (χ3n) is 1.65. The van der Waals surface area contributed by atoms with Gasteiger partial charge in [-0.05, 0) is 11.6 Å². The van der Waals surface area contributed by atoms with Gasteiger partial charge in [0.15, 0.2) is 0 Å². The summed E-state index contributed by atoms with van der Waals surface area (Å²) in [6.45, 7) is 0. The third kappa shape index (κ3) is 3.23. The van der Waals surface area contributed by atoms with E-state index in [-0.39, 0.29) is 11.3 Å². The summed E-state index contributed by atoms with van der Waals surface area (Å²) in [7, 11) is 0. The Balaban J connectivity index is 3.07. The Labute approximate surface area is 93.3 Å². The highest BCUT2D eigenvalue weighted by Crippen LogP contribution is 2.30. The van der Waals surface area contributed by atoms with Gasteiger partial charge >= 0.3 is 6.18 Å². The minimum Gasteiger partial charge on any atom is -0.258 e. The van der Waals surface area contributed by atoms with E-state index in [1.807, 2.05) is 0 Å². The lowest BCUT2D eigenvalue weighted by Crippen LogP contribution is -2.06. The van der Waals surface area contributed by atoms with Gasteiger partial charge in [-0.15, -0.1) is 0 Å². The maximum absolute atomic E-state index is 12.1. The highest BCUT2D eigenvalue weighted by atomic mass is 35.5. The number of rotatable bonds is 2. The van der Waals surface area contributed by atoms with Crippen molar-refractivity contribution >= 4 is 23.4 Å². The van der Waals surface area contributed by atoms with Crippen LogP contribution in [0, 0.1) is 10.1 Å². The molecule has 0 saturated carbocycles. The molecule has 1 aromatic carbocycles. The summed E-state index contributed by atoms with van der Waals surface area (Å²) < 4.78 is 36.2. The molecule has 0 aromatic heterocycles. The van der Waals surface area contributed by atoms with Crippen LogP contribution in [0.1, 0.15) is 5.56 Å². The minimum absolute atomic E-state index is 0.0246. The maximum atomic E-state index is 12.1. The van der Waals surface area contributed by atoms with E-state index in [0.717, 1.165) is 6.07 Å². The van der Waals surface area contributed by atoms with Crippen LogP contribution in [0.4, 0.5) is 18.9 Å². The summed E-state index contributed by atoms with van der Waals surface area (Å²) in [5.41, 5.74) is -0.267. The lowest BCUT2D eigenvalue weighted by Gasteiger charge is -2.03. The smallest absolute Gasteiger partial charge is 0.258 e. The number of halogens is 4. The van der Waals surface area contributed by atoms with E-state index in [2.05, 4.69) is 0 Å². The molecule has 0 fully saturated rings. The molecule has 0 N–H and O–H groups in total. The van der Waals surface area contributed by atoms with E-state index < -0.39 is 16.1 Å². The topological polar surface area (TPSA) is 43.1 Å². The van der Waals surface area contributed by atoms with Crippen molar-refractivity contribution < 1.29 is 18.1 Å². The highest BCUT2D eigenvalue weighted by molar-refractivity contribution is 6.32. The second kappa shape index (κ2) is 4.52. The Morgan fingerprint density at radius 1 is 1.44 bits per heavy atom. The van der Waals surface area contributed by atoms with Crippen molar-refractivity contribution in [1.29, 1.82) is 0 Å². The number of nitro benzene ring substituents is 1. The van der Waals surface area contributed by atoms with E-state index in [1.165, 1.54) is 18.2 Å². The molecule has 0 aliphatic heterocycles. The quantitative estimate of drug-likeness (QED) is 0.594. The standard InChI is InChI=1S/C9H5ClF3NO2/c10-8(9(11,12)13)5-6-2-1-3-7(4-6)14(15)16/h1-5H/b8-5-. The first kappa shape index (κ1) is 12.5. The molecule has 0 atom stereocenters. The maximum Gasteiger partial charge on any atom is 0.426 e. The van der Waals surface area contributed by atoms with Gasteiger partial charge in [-0.1, -0.05) is 23.7 Å². The first-order chi connectivity index (χ1) is 7.30.